The summed E-state index contributed by atoms with van der Waals surface area (Å²) in [5, 5.41) is 5.03. The first kappa shape index (κ1) is 62.1. The van der Waals surface area contributed by atoms with Crippen molar-refractivity contribution < 1.29 is 30.6 Å². The van der Waals surface area contributed by atoms with Gasteiger partial charge in [-0.05, 0) is 241 Å². The Kier molecular flexibility index (Phi) is 17.6. The Hall–Kier alpha value is -10.2. The summed E-state index contributed by atoms with van der Waals surface area (Å²) < 4.78 is 82.4. The summed E-state index contributed by atoms with van der Waals surface area (Å²) in [5.74, 6) is 5.11. The molecule has 12 aromatic rings. The molecule has 17 rings (SSSR count). The van der Waals surface area contributed by atoms with Crippen LogP contribution < -0.4 is 59.4 Å². The molecule has 0 unspecified atom stereocenters. The standard InChI is InChI=1S/C28H34BN2.C23H26BN2.C22H24BN2.C21H22BN2/c1-20-21(2)31(29(3)26-16-10-8-14-24(20)26)28-19-23(18-22-12-6-5-7-13-22)25-15-9-11-17-27(25)30(28)4;1-15-10-9-13-21-23(15)16(2)14-22(25(21)6)26-18(4)17(3)19-11-7-8-12-20(19)24(26)5;1-15-9-8-12-21-18(15)13-14-22(24(21)5)25-17(3)16(2)19-10-6-7-11-20(19)23(25)4;1-15-16(2)24(22(3)19-11-7-6-10-18(15)19)21-14-13-17-9-5-8-12-20(17)23(21)4/h8-11,14-17,19,22H,5-7,12-13,18H2,1-4H3;7-14H,1-6H3;6-14H,1-5H3;5-14H,1-4H3/q4*+1/i;3D3;2D3;1D3. The number of benzene rings is 8. The lowest BCUT2D eigenvalue weighted by Crippen LogP contribution is -2.53. The summed E-state index contributed by atoms with van der Waals surface area (Å²) in [5.41, 5.74) is 24.8. The van der Waals surface area contributed by atoms with Crippen LogP contribution in [0.1, 0.15) is 144 Å². The van der Waals surface area contributed by atoms with Crippen LogP contribution in [0.5, 0.6) is 0 Å². The summed E-state index contributed by atoms with van der Waals surface area (Å²) in [6.07, 6.45) is 8.19. The van der Waals surface area contributed by atoms with E-state index < -0.39 is 20.6 Å². The van der Waals surface area contributed by atoms with Crippen molar-refractivity contribution in [1.82, 2.24) is 0 Å². The highest BCUT2D eigenvalue weighted by Crippen LogP contribution is 2.38. The van der Waals surface area contributed by atoms with Gasteiger partial charge in [-0.25, -0.2) is 18.3 Å². The number of para-hydroxylation sites is 2. The van der Waals surface area contributed by atoms with Crippen molar-refractivity contribution in [2.75, 3.05) is 19.2 Å². The predicted octanol–water partition coefficient (Wildman–Crippen LogP) is 18.1. The Morgan fingerprint density at radius 2 is 0.717 bits per heavy atom. The van der Waals surface area contributed by atoms with Crippen LogP contribution in [-0.2, 0) is 34.6 Å². The molecule has 0 radical (unpaired) electrons. The van der Waals surface area contributed by atoms with Gasteiger partial charge in [-0.15, -0.1) is 0 Å². The van der Waals surface area contributed by atoms with Crippen LogP contribution in [-0.4, -0.2) is 27.4 Å². The second kappa shape index (κ2) is 30.0. The first-order valence-corrected chi connectivity index (χ1v) is 38.1. The third kappa shape index (κ3) is 13.0. The first-order valence-electron chi connectivity index (χ1n) is 42.6. The lowest BCUT2D eigenvalue weighted by molar-refractivity contribution is -0.631. The van der Waals surface area contributed by atoms with Gasteiger partial charge in [0.05, 0.1) is 51.0 Å². The Bertz CT molecular complexity index is 5960. The van der Waals surface area contributed by atoms with E-state index in [1.807, 2.05) is 120 Å². The molecule has 5 aliphatic rings. The van der Waals surface area contributed by atoms with Gasteiger partial charge in [-0.3, -0.25) is 19.2 Å². The number of hydrogen-bond acceptors (Lipinski definition) is 4. The zero-order chi connectivity index (χ0) is 82.2. The largest absolute Gasteiger partial charge is 0.409 e. The highest BCUT2D eigenvalue weighted by molar-refractivity contribution is 6.79. The second-order valence-electron chi connectivity index (χ2n) is 30.2. The van der Waals surface area contributed by atoms with Crippen molar-refractivity contribution in [3.05, 3.63) is 286 Å². The van der Waals surface area contributed by atoms with Crippen molar-refractivity contribution in [2.24, 2.45) is 34.1 Å². The zero-order valence-corrected chi connectivity index (χ0v) is 65.0. The molecule has 106 heavy (non-hydrogen) atoms. The normalized spacial score (nSPS) is 16.8. The van der Waals surface area contributed by atoms with Crippen LogP contribution in [0.3, 0.4) is 0 Å². The van der Waals surface area contributed by atoms with Crippen molar-refractivity contribution in [3.63, 3.8) is 0 Å². The zero-order valence-electron chi connectivity index (χ0n) is 74.0. The van der Waals surface area contributed by atoms with Crippen LogP contribution in [0, 0.1) is 26.7 Å². The molecule has 0 bridgehead atoms. The number of allylic oxidation sites excluding steroid dienone is 8. The molecule has 0 amide bonds. The van der Waals surface area contributed by atoms with E-state index in [0.29, 0.717) is 23.6 Å². The Morgan fingerprint density at radius 1 is 0.340 bits per heavy atom. The van der Waals surface area contributed by atoms with Gasteiger partial charge < -0.3 is 0 Å². The second-order valence-corrected chi connectivity index (χ2v) is 30.2. The molecule has 1 aliphatic carbocycles. The molecule has 1 fully saturated rings. The van der Waals surface area contributed by atoms with E-state index in [0.717, 1.165) is 95.5 Å². The third-order valence-corrected chi connectivity index (χ3v) is 24.1. The summed E-state index contributed by atoms with van der Waals surface area (Å²) >= 11 is 0. The highest BCUT2D eigenvalue weighted by Gasteiger charge is 2.43. The lowest BCUT2D eigenvalue weighted by atomic mass is 9.52. The van der Waals surface area contributed by atoms with Crippen molar-refractivity contribution in [2.45, 2.75) is 142 Å². The maximum absolute atomic E-state index is 8.20. The van der Waals surface area contributed by atoms with E-state index in [4.69, 9.17) is 12.3 Å². The average molecular weight is 1400 g/mol. The number of anilines is 4. The van der Waals surface area contributed by atoms with E-state index >= 15 is 0 Å². The Morgan fingerprint density at radius 3 is 1.25 bits per heavy atom. The monoisotopic (exact) mass is 1400 g/mol. The maximum atomic E-state index is 8.20. The molecule has 4 aromatic heterocycles. The van der Waals surface area contributed by atoms with E-state index in [1.165, 1.54) is 111 Å². The fourth-order valence-electron chi connectivity index (χ4n) is 18.1. The van der Waals surface area contributed by atoms with Crippen LogP contribution in [0.4, 0.5) is 23.3 Å². The molecule has 12 heteroatoms. The van der Waals surface area contributed by atoms with Gasteiger partial charge in [0.15, 0.2) is 0 Å². The highest BCUT2D eigenvalue weighted by atomic mass is 15.2. The molecule has 4 aliphatic heterocycles. The minimum atomic E-state index is -2.18. The van der Waals surface area contributed by atoms with Gasteiger partial charge in [-0.1, -0.05) is 190 Å². The summed E-state index contributed by atoms with van der Waals surface area (Å²) in [7, 11) is 8.38. The minimum Gasteiger partial charge on any atom is -0.290 e. The third-order valence-electron chi connectivity index (χ3n) is 24.1. The topological polar surface area (TPSA) is 28.5 Å². The molecule has 8 aromatic carbocycles. The van der Waals surface area contributed by atoms with E-state index in [-0.39, 0.29) is 20.5 Å². The minimum absolute atomic E-state index is 0.0326. The summed E-state index contributed by atoms with van der Waals surface area (Å²) in [6, 6.07) is 75.4. The van der Waals surface area contributed by atoms with Crippen LogP contribution in [0.2, 0.25) is 27.3 Å². The fraction of sp³-hybridized carbons (Fsp3) is 0.277. The average Bonchev–Trinajstić information content (AvgIpc) is 0.752. The fourth-order valence-corrected chi connectivity index (χ4v) is 18.1. The van der Waals surface area contributed by atoms with Gasteiger partial charge in [0.1, 0.15) is 22.1 Å². The van der Waals surface area contributed by atoms with Crippen molar-refractivity contribution >= 4 is 138 Å². The molecule has 0 atom stereocenters. The molecule has 530 valence electrons. The number of rotatable bonds is 6. The molecule has 0 spiro atoms. The van der Waals surface area contributed by atoms with E-state index in [9.17, 15) is 0 Å². The number of fused-ring (bicyclic) bond motifs is 8. The van der Waals surface area contributed by atoms with Crippen molar-refractivity contribution in [1.29, 1.82) is 0 Å². The molecular weight excluding hydrogens is 1280 g/mol. The Labute approximate surface area is 646 Å². The predicted molar refractivity (Wildman–Crippen MR) is 459 cm³/mol. The number of hydrogen-bond donors (Lipinski definition) is 0. The Balaban J connectivity index is 0.000000127. The van der Waals surface area contributed by atoms with Gasteiger partial charge in [-0.2, -0.15) is 0 Å². The van der Waals surface area contributed by atoms with Crippen LogP contribution >= 0.6 is 0 Å². The smallest absolute Gasteiger partial charge is 0.290 e. The van der Waals surface area contributed by atoms with Gasteiger partial charge >= 0.3 is 27.4 Å². The molecule has 0 saturated heterocycles. The maximum Gasteiger partial charge on any atom is 0.409 e. The number of aryl methyl sites for hydroxylation is 7. The van der Waals surface area contributed by atoms with Crippen LogP contribution in [0.25, 0.3) is 65.9 Å². The van der Waals surface area contributed by atoms with E-state index in [2.05, 4.69) is 247 Å². The number of aromatic nitrogens is 4. The molecule has 8 heterocycles. The van der Waals surface area contributed by atoms with Gasteiger partial charge in [0.2, 0.25) is 0 Å². The van der Waals surface area contributed by atoms with E-state index in [1.54, 1.807) is 0 Å². The lowest BCUT2D eigenvalue weighted by Gasteiger charge is -2.32. The van der Waals surface area contributed by atoms with Crippen molar-refractivity contribution in [3.8, 4) is 0 Å². The molecule has 1 saturated carbocycles. The summed E-state index contributed by atoms with van der Waals surface area (Å²) in [4.78, 5) is 9.05. The van der Waals surface area contributed by atoms with Gasteiger partial charge in [0, 0.05) is 58.1 Å². The molecular formula is C94H106B4N8+4. The number of nitrogens with zero attached hydrogens (tertiary/aromatic N) is 8. The molecule has 0 N–H and O–H groups in total. The SMILES string of the molecule is CB1c2ccccc2C(C)=C(C)N1c1cc(CC2CCCCC2)c2ccccc2[n+]1C.[2H]C([2H])([2H])C1=C(C)N(c2cc(C)c3c(C)cccc3[n+]2C)B(C)c2ccccc21.[2H]C([2H])([2H])C1=C(C)N(c2ccc3c(C)cccc3[n+]2C)B(C)c2ccccc21.[2H]C([2H])([2H])C1=C(C)N(c2ccc3ccccc3[n+]2C)B(C)c2ccccc21. The van der Waals surface area contributed by atoms with Crippen LogP contribution in [0.15, 0.2) is 241 Å². The summed E-state index contributed by atoms with van der Waals surface area (Å²) in [6.45, 7) is 19.4. The number of pyridine rings is 4. The quantitative estimate of drug-likeness (QED) is 0.123. The van der Waals surface area contributed by atoms with Gasteiger partial charge in [0.25, 0.3) is 23.3 Å². The molecule has 8 nitrogen and oxygen atoms in total. The first-order chi connectivity index (χ1) is 54.7.